The Morgan fingerprint density at radius 2 is 2.11 bits per heavy atom. The van der Waals surface area contributed by atoms with E-state index in [0.29, 0.717) is 6.42 Å². The lowest BCUT2D eigenvalue weighted by Crippen LogP contribution is -2.31. The van der Waals surface area contributed by atoms with Gasteiger partial charge in [-0.2, -0.15) is 0 Å². The van der Waals surface area contributed by atoms with Gasteiger partial charge in [-0.25, -0.2) is 14.1 Å². The average Bonchev–Trinajstić information content (AvgIpc) is 2.58. The van der Waals surface area contributed by atoms with Crippen LogP contribution >= 0.6 is 11.6 Å². The van der Waals surface area contributed by atoms with Gasteiger partial charge in [0.25, 0.3) is 5.91 Å². The summed E-state index contributed by atoms with van der Waals surface area (Å²) >= 11 is 5.66. The third-order valence-electron chi connectivity index (χ3n) is 2.89. The number of carbonyl (C=O) groups is 2. The number of hydrogen-bond donors (Lipinski definition) is 1. The van der Waals surface area contributed by atoms with E-state index >= 15 is 0 Å². The molecular formula is C13H14ClFN2O2. The molecule has 19 heavy (non-hydrogen) atoms. The number of urea groups is 1. The smallest absolute Gasteiger partial charge is 0.325 e. The minimum absolute atomic E-state index is 0.120. The highest BCUT2D eigenvalue weighted by molar-refractivity contribution is 6.31. The van der Waals surface area contributed by atoms with Crippen LogP contribution in [0, 0.1) is 11.7 Å². The monoisotopic (exact) mass is 284 g/mol. The van der Waals surface area contributed by atoms with Crippen LogP contribution in [-0.4, -0.2) is 18.0 Å². The van der Waals surface area contributed by atoms with Crippen molar-refractivity contribution < 1.29 is 14.0 Å². The standard InChI is InChI=1S/C13H14ClFN2O2/c1-7(2)5-11-12(18)17(13(19)16-11)8-3-4-10(15)9(14)6-8/h3-4,6-7,11H,5H2,1-2H3,(H,16,19). The van der Waals surface area contributed by atoms with Gasteiger partial charge in [-0.05, 0) is 30.5 Å². The maximum atomic E-state index is 13.1. The summed E-state index contributed by atoms with van der Waals surface area (Å²) in [6.45, 7) is 3.94. The van der Waals surface area contributed by atoms with Crippen molar-refractivity contribution >= 4 is 29.2 Å². The normalized spacial score (nSPS) is 19.2. The van der Waals surface area contributed by atoms with E-state index in [-0.39, 0.29) is 22.5 Å². The van der Waals surface area contributed by atoms with E-state index in [1.54, 1.807) is 0 Å². The molecule has 102 valence electrons. The molecule has 0 spiro atoms. The Morgan fingerprint density at radius 3 is 2.68 bits per heavy atom. The SMILES string of the molecule is CC(C)CC1NC(=O)N(c2ccc(F)c(Cl)c2)C1=O. The maximum Gasteiger partial charge on any atom is 0.329 e. The first-order chi connectivity index (χ1) is 8.90. The van der Waals surface area contributed by atoms with Crippen LogP contribution in [0.25, 0.3) is 0 Å². The predicted molar refractivity (Wildman–Crippen MR) is 70.7 cm³/mol. The zero-order chi connectivity index (χ0) is 14.2. The van der Waals surface area contributed by atoms with Crippen molar-refractivity contribution in [2.75, 3.05) is 4.90 Å². The minimum Gasteiger partial charge on any atom is -0.325 e. The molecule has 1 aromatic rings. The maximum absolute atomic E-state index is 13.1. The average molecular weight is 285 g/mol. The van der Waals surface area contributed by atoms with Crippen LogP contribution in [0.4, 0.5) is 14.9 Å². The van der Waals surface area contributed by atoms with Gasteiger partial charge in [0.2, 0.25) is 0 Å². The zero-order valence-electron chi connectivity index (χ0n) is 10.6. The number of amides is 3. The molecule has 4 nitrogen and oxygen atoms in total. The molecule has 2 rings (SSSR count). The topological polar surface area (TPSA) is 49.4 Å². The molecule has 1 aliphatic heterocycles. The van der Waals surface area contributed by atoms with Gasteiger partial charge in [-0.3, -0.25) is 4.79 Å². The third kappa shape index (κ3) is 2.71. The highest BCUT2D eigenvalue weighted by Crippen LogP contribution is 2.26. The Kier molecular flexibility index (Phi) is 3.75. The van der Waals surface area contributed by atoms with E-state index in [1.165, 1.54) is 12.1 Å². The molecule has 1 N–H and O–H groups in total. The third-order valence-corrected chi connectivity index (χ3v) is 3.18. The zero-order valence-corrected chi connectivity index (χ0v) is 11.4. The number of rotatable bonds is 3. The van der Waals surface area contributed by atoms with E-state index in [4.69, 9.17) is 11.6 Å². The molecule has 6 heteroatoms. The minimum atomic E-state index is -0.587. The Labute approximate surface area is 115 Å². The second kappa shape index (κ2) is 5.17. The number of nitrogens with one attached hydrogen (secondary N) is 1. The summed E-state index contributed by atoms with van der Waals surface area (Å²) in [7, 11) is 0. The fourth-order valence-electron chi connectivity index (χ4n) is 2.03. The van der Waals surface area contributed by atoms with Gasteiger partial charge in [0.05, 0.1) is 10.7 Å². The number of hydrogen-bond acceptors (Lipinski definition) is 2. The first kappa shape index (κ1) is 13.8. The molecular weight excluding hydrogens is 271 g/mol. The molecule has 1 unspecified atom stereocenters. The first-order valence-electron chi connectivity index (χ1n) is 5.99. The molecule has 1 heterocycles. The van der Waals surface area contributed by atoms with Crippen LogP contribution in [0.3, 0.4) is 0 Å². The first-order valence-corrected chi connectivity index (χ1v) is 6.37. The number of nitrogens with zero attached hydrogens (tertiary/aromatic N) is 1. The van der Waals surface area contributed by atoms with Gasteiger partial charge >= 0.3 is 6.03 Å². The van der Waals surface area contributed by atoms with E-state index in [0.717, 1.165) is 11.0 Å². The van der Waals surface area contributed by atoms with Crippen molar-refractivity contribution in [1.82, 2.24) is 5.32 Å². The number of halogens is 2. The summed E-state index contributed by atoms with van der Waals surface area (Å²) in [6.07, 6.45) is 0.565. The van der Waals surface area contributed by atoms with Gasteiger partial charge in [-0.15, -0.1) is 0 Å². The molecule has 1 saturated heterocycles. The van der Waals surface area contributed by atoms with Gasteiger partial charge in [0, 0.05) is 0 Å². The van der Waals surface area contributed by atoms with Crippen molar-refractivity contribution in [3.63, 3.8) is 0 Å². The predicted octanol–water partition coefficient (Wildman–Crippen LogP) is 2.95. The largest absolute Gasteiger partial charge is 0.329 e. The fraction of sp³-hybridized carbons (Fsp3) is 0.385. The van der Waals surface area contributed by atoms with Crippen molar-refractivity contribution in [2.24, 2.45) is 5.92 Å². The summed E-state index contributed by atoms with van der Waals surface area (Å²) in [5.41, 5.74) is 0.278. The van der Waals surface area contributed by atoms with Crippen molar-refractivity contribution in [2.45, 2.75) is 26.3 Å². The van der Waals surface area contributed by atoms with Crippen LogP contribution in [0.1, 0.15) is 20.3 Å². The Morgan fingerprint density at radius 1 is 1.42 bits per heavy atom. The molecule has 0 aromatic heterocycles. The Bertz CT molecular complexity index is 533. The second-order valence-corrected chi connectivity index (χ2v) is 5.31. The van der Waals surface area contributed by atoms with Crippen molar-refractivity contribution in [3.8, 4) is 0 Å². The van der Waals surface area contributed by atoms with Crippen molar-refractivity contribution in [1.29, 1.82) is 0 Å². The van der Waals surface area contributed by atoms with E-state index in [1.807, 2.05) is 13.8 Å². The van der Waals surface area contributed by atoms with Crippen LogP contribution in [0.2, 0.25) is 5.02 Å². The summed E-state index contributed by atoms with van der Waals surface area (Å²) in [4.78, 5) is 25.0. The molecule has 0 aliphatic carbocycles. The van der Waals surface area contributed by atoms with E-state index in [2.05, 4.69) is 5.32 Å². The van der Waals surface area contributed by atoms with Crippen molar-refractivity contribution in [3.05, 3.63) is 29.0 Å². The summed E-state index contributed by atoms with van der Waals surface area (Å²) in [5.74, 6) is -0.636. The van der Waals surface area contributed by atoms with Crippen LogP contribution in [-0.2, 0) is 4.79 Å². The summed E-state index contributed by atoms with van der Waals surface area (Å²) in [6, 6.07) is 2.73. The molecule has 3 amide bonds. The highest BCUT2D eigenvalue weighted by Gasteiger charge is 2.39. The molecule has 1 aliphatic rings. The summed E-state index contributed by atoms with van der Waals surface area (Å²) in [5, 5.41) is 2.50. The Balaban J connectivity index is 2.27. The van der Waals surface area contributed by atoms with Crippen LogP contribution in [0.15, 0.2) is 18.2 Å². The molecule has 0 bridgehead atoms. The highest BCUT2D eigenvalue weighted by atomic mass is 35.5. The van der Waals surface area contributed by atoms with E-state index < -0.39 is 17.9 Å². The lowest BCUT2D eigenvalue weighted by atomic mass is 10.0. The lowest BCUT2D eigenvalue weighted by Gasteiger charge is -2.14. The molecule has 1 aromatic carbocycles. The fourth-order valence-corrected chi connectivity index (χ4v) is 2.21. The quantitative estimate of drug-likeness (QED) is 0.868. The van der Waals surface area contributed by atoms with Gasteiger partial charge in [0.1, 0.15) is 11.9 Å². The van der Waals surface area contributed by atoms with E-state index in [9.17, 15) is 14.0 Å². The molecule has 0 radical (unpaired) electrons. The second-order valence-electron chi connectivity index (χ2n) is 4.90. The summed E-state index contributed by atoms with van der Waals surface area (Å²) < 4.78 is 13.1. The van der Waals surface area contributed by atoms with Gasteiger partial charge < -0.3 is 5.32 Å². The van der Waals surface area contributed by atoms with Gasteiger partial charge in [-0.1, -0.05) is 25.4 Å². The number of imide groups is 1. The number of benzene rings is 1. The lowest BCUT2D eigenvalue weighted by molar-refractivity contribution is -0.118. The molecule has 1 fully saturated rings. The van der Waals surface area contributed by atoms with Crippen LogP contribution in [0.5, 0.6) is 0 Å². The number of anilines is 1. The Hall–Kier alpha value is -1.62. The number of carbonyl (C=O) groups excluding carboxylic acids is 2. The van der Waals surface area contributed by atoms with Crippen LogP contribution < -0.4 is 10.2 Å². The molecule has 1 atom stereocenters. The van der Waals surface area contributed by atoms with Gasteiger partial charge in [0.15, 0.2) is 0 Å². The molecule has 0 saturated carbocycles.